The van der Waals surface area contributed by atoms with Crippen molar-refractivity contribution < 1.29 is 14.3 Å². The van der Waals surface area contributed by atoms with Crippen LogP contribution in [0, 0.1) is 3.57 Å². The van der Waals surface area contributed by atoms with Crippen LogP contribution in [0.3, 0.4) is 0 Å². The van der Waals surface area contributed by atoms with E-state index in [0.29, 0.717) is 11.1 Å². The molecule has 0 saturated carbocycles. The maximum atomic E-state index is 12.3. The molecule has 3 nitrogen and oxygen atoms in total. The molecule has 0 spiro atoms. The summed E-state index contributed by atoms with van der Waals surface area (Å²) < 4.78 is 11.2. The van der Waals surface area contributed by atoms with Crippen LogP contribution < -0.4 is 9.47 Å². The minimum absolute atomic E-state index is 0.0109. The van der Waals surface area contributed by atoms with Crippen molar-refractivity contribution in [3.8, 4) is 11.5 Å². The van der Waals surface area contributed by atoms with E-state index in [0.717, 1.165) is 15.1 Å². The number of carbonyl (C=O) groups excluding carboxylic acids is 1. The van der Waals surface area contributed by atoms with Gasteiger partial charge in [0.15, 0.2) is 5.78 Å². The maximum absolute atomic E-state index is 12.3. The number of hydrogen-bond acceptors (Lipinski definition) is 3. The van der Waals surface area contributed by atoms with Gasteiger partial charge in [-0.15, -0.1) is 0 Å². The largest absolute Gasteiger partial charge is 0.497 e. The minimum atomic E-state index is -0.0109. The third-order valence-electron chi connectivity index (χ3n) is 2.77. The number of ketones is 1. The fraction of sp³-hybridized carbons (Fsp3) is 0.133. The Balaban J connectivity index is 2.30. The Bertz CT molecular complexity index is 591. The first-order valence-corrected chi connectivity index (χ1v) is 6.76. The summed E-state index contributed by atoms with van der Waals surface area (Å²) >= 11 is 2.15. The summed E-state index contributed by atoms with van der Waals surface area (Å²) in [6.45, 7) is 0. The number of benzene rings is 2. The summed E-state index contributed by atoms with van der Waals surface area (Å²) in [5.74, 6) is 1.50. The van der Waals surface area contributed by atoms with Gasteiger partial charge < -0.3 is 9.47 Å². The number of rotatable bonds is 4. The van der Waals surface area contributed by atoms with E-state index in [1.807, 2.05) is 6.07 Å². The van der Waals surface area contributed by atoms with Crippen molar-refractivity contribution in [1.29, 1.82) is 0 Å². The van der Waals surface area contributed by atoms with Gasteiger partial charge in [0.2, 0.25) is 0 Å². The van der Waals surface area contributed by atoms with Crippen LogP contribution in [-0.4, -0.2) is 20.0 Å². The van der Waals surface area contributed by atoms with Gasteiger partial charge in [-0.1, -0.05) is 0 Å². The molecule has 0 heterocycles. The normalized spacial score (nSPS) is 10.1. The lowest BCUT2D eigenvalue weighted by Crippen LogP contribution is -2.02. The molecule has 0 radical (unpaired) electrons. The van der Waals surface area contributed by atoms with E-state index in [-0.39, 0.29) is 5.78 Å². The SMILES string of the molecule is COc1ccc(C(=O)c2ccc(OC)c(I)c2)cc1. The van der Waals surface area contributed by atoms with Crippen LogP contribution in [0.1, 0.15) is 15.9 Å². The van der Waals surface area contributed by atoms with Gasteiger partial charge in [0.1, 0.15) is 11.5 Å². The van der Waals surface area contributed by atoms with Crippen molar-refractivity contribution in [1.82, 2.24) is 0 Å². The van der Waals surface area contributed by atoms with Gasteiger partial charge in [-0.25, -0.2) is 0 Å². The Hall–Kier alpha value is -1.56. The third kappa shape index (κ3) is 3.07. The molecule has 0 unspecified atom stereocenters. The fourth-order valence-corrected chi connectivity index (χ4v) is 2.45. The van der Waals surface area contributed by atoms with E-state index in [2.05, 4.69) is 22.6 Å². The second-order valence-electron chi connectivity index (χ2n) is 3.91. The first kappa shape index (κ1) is 13.9. The molecule has 2 aromatic carbocycles. The van der Waals surface area contributed by atoms with Crippen molar-refractivity contribution in [2.75, 3.05) is 14.2 Å². The molecule has 2 aromatic rings. The number of ether oxygens (including phenoxy) is 2. The second-order valence-corrected chi connectivity index (χ2v) is 5.07. The Labute approximate surface area is 125 Å². The van der Waals surface area contributed by atoms with E-state index >= 15 is 0 Å². The molecule has 19 heavy (non-hydrogen) atoms. The summed E-state index contributed by atoms with van der Waals surface area (Å²) in [7, 11) is 3.21. The molecule has 0 fully saturated rings. The smallest absolute Gasteiger partial charge is 0.193 e. The summed E-state index contributed by atoms with van der Waals surface area (Å²) in [5, 5.41) is 0. The molecule has 0 bridgehead atoms. The molecule has 0 aliphatic carbocycles. The van der Waals surface area contributed by atoms with Gasteiger partial charge in [0.05, 0.1) is 17.8 Å². The zero-order valence-electron chi connectivity index (χ0n) is 10.6. The molecule has 0 atom stereocenters. The van der Waals surface area contributed by atoms with Gasteiger partial charge in [0, 0.05) is 11.1 Å². The molecule has 0 aliphatic rings. The average Bonchev–Trinajstić information content (AvgIpc) is 2.46. The molecule has 98 valence electrons. The lowest BCUT2D eigenvalue weighted by molar-refractivity contribution is 0.103. The summed E-state index contributed by atoms with van der Waals surface area (Å²) in [6.07, 6.45) is 0. The Morgan fingerprint density at radius 2 is 1.58 bits per heavy atom. The Morgan fingerprint density at radius 1 is 0.947 bits per heavy atom. The van der Waals surface area contributed by atoms with Crippen LogP contribution in [0.5, 0.6) is 11.5 Å². The van der Waals surface area contributed by atoms with Gasteiger partial charge in [-0.05, 0) is 65.1 Å². The van der Waals surface area contributed by atoms with Crippen LogP contribution >= 0.6 is 22.6 Å². The molecule has 0 aromatic heterocycles. The summed E-state index contributed by atoms with van der Waals surface area (Å²) in [4.78, 5) is 12.3. The van der Waals surface area contributed by atoms with Gasteiger partial charge in [-0.2, -0.15) is 0 Å². The van der Waals surface area contributed by atoms with E-state index in [1.54, 1.807) is 50.6 Å². The molecule has 0 amide bonds. The predicted octanol–water partition coefficient (Wildman–Crippen LogP) is 3.54. The van der Waals surface area contributed by atoms with E-state index in [1.165, 1.54) is 0 Å². The lowest BCUT2D eigenvalue weighted by Gasteiger charge is -2.06. The highest BCUT2D eigenvalue weighted by atomic mass is 127. The summed E-state index contributed by atoms with van der Waals surface area (Å²) in [6, 6.07) is 12.5. The van der Waals surface area contributed by atoms with Gasteiger partial charge in [0.25, 0.3) is 0 Å². The minimum Gasteiger partial charge on any atom is -0.497 e. The van der Waals surface area contributed by atoms with Crippen molar-refractivity contribution in [2.24, 2.45) is 0 Å². The predicted molar refractivity (Wildman–Crippen MR) is 82.1 cm³/mol. The highest BCUT2D eigenvalue weighted by molar-refractivity contribution is 14.1. The van der Waals surface area contributed by atoms with E-state index < -0.39 is 0 Å². The molecular weight excluding hydrogens is 355 g/mol. The van der Waals surface area contributed by atoms with Crippen LogP contribution in [0.25, 0.3) is 0 Å². The number of methoxy groups -OCH3 is 2. The van der Waals surface area contributed by atoms with Crippen LogP contribution in [0.4, 0.5) is 0 Å². The van der Waals surface area contributed by atoms with Crippen molar-refractivity contribution in [2.45, 2.75) is 0 Å². The number of hydrogen-bond donors (Lipinski definition) is 0. The monoisotopic (exact) mass is 368 g/mol. The van der Waals surface area contributed by atoms with Gasteiger partial charge >= 0.3 is 0 Å². The summed E-state index contributed by atoms with van der Waals surface area (Å²) in [5.41, 5.74) is 1.29. The third-order valence-corrected chi connectivity index (χ3v) is 3.61. The fourth-order valence-electron chi connectivity index (χ4n) is 1.72. The zero-order chi connectivity index (χ0) is 13.8. The lowest BCUT2D eigenvalue weighted by atomic mass is 10.0. The Kier molecular flexibility index (Phi) is 4.42. The maximum Gasteiger partial charge on any atom is 0.193 e. The molecular formula is C15H13IO3. The van der Waals surface area contributed by atoms with Crippen molar-refractivity contribution in [3.63, 3.8) is 0 Å². The van der Waals surface area contributed by atoms with E-state index in [9.17, 15) is 4.79 Å². The van der Waals surface area contributed by atoms with Crippen molar-refractivity contribution >= 4 is 28.4 Å². The second kappa shape index (κ2) is 6.06. The first-order chi connectivity index (χ1) is 9.15. The molecule has 0 saturated heterocycles. The quantitative estimate of drug-likeness (QED) is 0.612. The molecule has 0 aliphatic heterocycles. The highest BCUT2D eigenvalue weighted by Gasteiger charge is 2.11. The number of carbonyl (C=O) groups is 1. The highest BCUT2D eigenvalue weighted by Crippen LogP contribution is 2.23. The zero-order valence-corrected chi connectivity index (χ0v) is 12.8. The standard InChI is InChI=1S/C15H13IO3/c1-18-12-6-3-10(4-7-12)15(17)11-5-8-14(19-2)13(16)9-11/h3-9H,1-2H3. The molecule has 2 rings (SSSR count). The van der Waals surface area contributed by atoms with Crippen LogP contribution in [0.15, 0.2) is 42.5 Å². The molecule has 4 heteroatoms. The van der Waals surface area contributed by atoms with E-state index in [4.69, 9.17) is 9.47 Å². The average molecular weight is 368 g/mol. The Morgan fingerprint density at radius 3 is 2.11 bits per heavy atom. The van der Waals surface area contributed by atoms with Crippen molar-refractivity contribution in [3.05, 3.63) is 57.2 Å². The van der Waals surface area contributed by atoms with Crippen LogP contribution in [-0.2, 0) is 0 Å². The first-order valence-electron chi connectivity index (χ1n) is 5.68. The topological polar surface area (TPSA) is 35.5 Å². The number of halogens is 1. The van der Waals surface area contributed by atoms with Gasteiger partial charge in [-0.3, -0.25) is 4.79 Å². The molecule has 0 N–H and O–H groups in total. The van der Waals surface area contributed by atoms with Crippen LogP contribution in [0.2, 0.25) is 0 Å².